The van der Waals surface area contributed by atoms with Crippen LogP contribution in [0.25, 0.3) is 0 Å². The third-order valence-electron chi connectivity index (χ3n) is 3.65. The van der Waals surface area contributed by atoms with Crippen LogP contribution in [0.15, 0.2) is 5.38 Å². The summed E-state index contributed by atoms with van der Waals surface area (Å²) in [6, 6.07) is 0. The molecule has 1 aromatic rings. The van der Waals surface area contributed by atoms with Gasteiger partial charge >= 0.3 is 5.97 Å². The summed E-state index contributed by atoms with van der Waals surface area (Å²) >= 11 is 1.69. The first-order chi connectivity index (χ1) is 8.71. The van der Waals surface area contributed by atoms with E-state index in [-0.39, 0.29) is 5.41 Å². The molecule has 0 radical (unpaired) electrons. The molecule has 1 aliphatic heterocycles. The van der Waals surface area contributed by atoms with Gasteiger partial charge in [0.1, 0.15) is 0 Å². The van der Waals surface area contributed by atoms with Crippen LogP contribution in [0.4, 0.5) is 0 Å². The summed E-state index contributed by atoms with van der Waals surface area (Å²) in [5.41, 5.74) is 0.552. The van der Waals surface area contributed by atoms with Crippen molar-refractivity contribution in [3.05, 3.63) is 16.1 Å². The number of aromatic nitrogens is 1. The van der Waals surface area contributed by atoms with E-state index in [1.54, 1.807) is 11.3 Å². The van der Waals surface area contributed by atoms with E-state index in [9.17, 15) is 9.90 Å². The Morgan fingerprint density at radius 2 is 2.26 bits per heavy atom. The normalized spacial score (nSPS) is 24.8. The average Bonchev–Trinajstić information content (AvgIpc) is 2.86. The molecule has 1 saturated heterocycles. The van der Waals surface area contributed by atoms with Crippen LogP contribution >= 0.6 is 11.3 Å². The minimum atomic E-state index is -0.691. The van der Waals surface area contributed by atoms with Crippen LogP contribution in [0, 0.1) is 5.41 Å². The van der Waals surface area contributed by atoms with Gasteiger partial charge in [0.25, 0.3) is 0 Å². The molecule has 5 heteroatoms. The minimum absolute atomic E-state index is 0.0868. The molecular weight excluding hydrogens is 260 g/mol. The molecule has 19 heavy (non-hydrogen) atoms. The second-order valence-electron chi connectivity index (χ2n) is 6.72. The van der Waals surface area contributed by atoms with Crippen LogP contribution < -0.4 is 0 Å². The number of rotatable bonds is 3. The lowest BCUT2D eigenvalue weighted by Crippen LogP contribution is -2.31. The molecule has 0 bridgehead atoms. The molecule has 1 aliphatic rings. The van der Waals surface area contributed by atoms with E-state index in [1.165, 1.54) is 0 Å². The molecule has 1 unspecified atom stereocenters. The Balaban J connectivity index is 2.00. The first kappa shape index (κ1) is 14.5. The van der Waals surface area contributed by atoms with Crippen LogP contribution in [-0.2, 0) is 16.8 Å². The Kier molecular flexibility index (Phi) is 3.71. The van der Waals surface area contributed by atoms with Gasteiger partial charge in [-0.2, -0.15) is 0 Å². The van der Waals surface area contributed by atoms with Crippen molar-refractivity contribution in [3.8, 4) is 0 Å². The molecule has 1 fully saturated rings. The lowest BCUT2D eigenvalue weighted by molar-refractivity contribution is -0.147. The largest absolute Gasteiger partial charge is 0.481 e. The third-order valence-corrected chi connectivity index (χ3v) is 4.96. The van der Waals surface area contributed by atoms with Gasteiger partial charge in [-0.3, -0.25) is 9.69 Å². The smallest absolute Gasteiger partial charge is 0.310 e. The Morgan fingerprint density at radius 3 is 2.74 bits per heavy atom. The predicted octanol–water partition coefficient (Wildman–Crippen LogP) is 2.74. The zero-order valence-electron chi connectivity index (χ0n) is 12.1. The summed E-state index contributed by atoms with van der Waals surface area (Å²) in [6.45, 7) is 10.5. The zero-order chi connectivity index (χ0) is 14.3. The molecule has 0 aliphatic carbocycles. The lowest BCUT2D eigenvalue weighted by Gasteiger charge is -2.19. The van der Waals surface area contributed by atoms with Crippen LogP contribution in [0.5, 0.6) is 0 Å². The standard InChI is InChI=1S/C14H22N2O2S/c1-13(2,3)11-15-10(8-19-11)7-16-6-5-14(4,9-16)12(17)18/h8H,5-7,9H2,1-4H3,(H,17,18). The molecule has 106 valence electrons. The van der Waals surface area contributed by atoms with Gasteiger partial charge in [0.05, 0.1) is 16.1 Å². The summed E-state index contributed by atoms with van der Waals surface area (Å²) < 4.78 is 0. The first-order valence-corrected chi connectivity index (χ1v) is 7.49. The maximum absolute atomic E-state index is 11.2. The average molecular weight is 282 g/mol. The summed E-state index contributed by atoms with van der Waals surface area (Å²) in [4.78, 5) is 18.1. The second kappa shape index (κ2) is 4.87. The van der Waals surface area contributed by atoms with Crippen LogP contribution in [0.1, 0.15) is 44.8 Å². The fraction of sp³-hybridized carbons (Fsp3) is 0.714. The van der Waals surface area contributed by atoms with Gasteiger partial charge in [-0.15, -0.1) is 11.3 Å². The van der Waals surface area contributed by atoms with Crippen molar-refractivity contribution in [1.82, 2.24) is 9.88 Å². The molecule has 4 nitrogen and oxygen atoms in total. The van der Waals surface area contributed by atoms with Gasteiger partial charge in [-0.05, 0) is 19.9 Å². The van der Waals surface area contributed by atoms with E-state index in [0.29, 0.717) is 6.54 Å². The van der Waals surface area contributed by atoms with Crippen molar-refractivity contribution in [2.24, 2.45) is 5.41 Å². The molecule has 0 amide bonds. The van der Waals surface area contributed by atoms with Gasteiger partial charge in [-0.25, -0.2) is 4.98 Å². The molecule has 2 heterocycles. The number of carboxylic acid groups (broad SMARTS) is 1. The number of thiazole rings is 1. The monoisotopic (exact) mass is 282 g/mol. The number of carboxylic acids is 1. The molecule has 0 aromatic carbocycles. The van der Waals surface area contributed by atoms with Gasteiger partial charge in [0.15, 0.2) is 0 Å². The maximum Gasteiger partial charge on any atom is 0.310 e. The maximum atomic E-state index is 11.2. The summed E-state index contributed by atoms with van der Waals surface area (Å²) in [6.07, 6.45) is 0.721. The van der Waals surface area contributed by atoms with Crippen molar-refractivity contribution in [2.45, 2.75) is 46.1 Å². The van der Waals surface area contributed by atoms with Crippen molar-refractivity contribution >= 4 is 17.3 Å². The van der Waals surface area contributed by atoms with E-state index < -0.39 is 11.4 Å². The highest BCUT2D eigenvalue weighted by Gasteiger charge is 2.40. The number of aliphatic carboxylic acids is 1. The summed E-state index contributed by atoms with van der Waals surface area (Å²) in [7, 11) is 0. The van der Waals surface area contributed by atoms with Gasteiger partial charge < -0.3 is 5.11 Å². The lowest BCUT2D eigenvalue weighted by atomic mass is 9.90. The Labute approximate surface area is 118 Å². The highest BCUT2D eigenvalue weighted by molar-refractivity contribution is 7.09. The van der Waals surface area contributed by atoms with Crippen molar-refractivity contribution in [1.29, 1.82) is 0 Å². The fourth-order valence-corrected chi connectivity index (χ4v) is 3.22. The van der Waals surface area contributed by atoms with Gasteiger partial charge in [-0.1, -0.05) is 20.8 Å². The highest BCUT2D eigenvalue weighted by Crippen LogP contribution is 2.32. The molecule has 0 saturated carbocycles. The van der Waals surface area contributed by atoms with Crippen LogP contribution in [0.3, 0.4) is 0 Å². The topological polar surface area (TPSA) is 53.4 Å². The summed E-state index contributed by atoms with van der Waals surface area (Å²) in [5, 5.41) is 12.5. The van der Waals surface area contributed by atoms with E-state index >= 15 is 0 Å². The quantitative estimate of drug-likeness (QED) is 0.926. The third kappa shape index (κ3) is 3.15. The fourth-order valence-electron chi connectivity index (χ4n) is 2.32. The molecule has 1 aromatic heterocycles. The Morgan fingerprint density at radius 1 is 1.58 bits per heavy atom. The van der Waals surface area contributed by atoms with E-state index in [2.05, 4.69) is 36.0 Å². The first-order valence-electron chi connectivity index (χ1n) is 6.61. The number of hydrogen-bond acceptors (Lipinski definition) is 4. The predicted molar refractivity (Wildman–Crippen MR) is 76.5 cm³/mol. The second-order valence-corrected chi connectivity index (χ2v) is 7.58. The van der Waals surface area contributed by atoms with Crippen LogP contribution in [-0.4, -0.2) is 34.0 Å². The minimum Gasteiger partial charge on any atom is -0.481 e. The molecule has 0 spiro atoms. The number of likely N-dealkylation sites (tertiary alicyclic amines) is 1. The SMILES string of the molecule is CC1(C(=O)O)CCN(Cc2csc(C(C)(C)C)n2)C1. The van der Waals surface area contributed by atoms with Crippen LogP contribution in [0.2, 0.25) is 0 Å². The Bertz CT molecular complexity index is 478. The molecule has 1 N–H and O–H groups in total. The number of nitrogens with zero attached hydrogens (tertiary/aromatic N) is 2. The van der Waals surface area contributed by atoms with Gasteiger partial charge in [0, 0.05) is 23.9 Å². The van der Waals surface area contributed by atoms with Crippen molar-refractivity contribution in [3.63, 3.8) is 0 Å². The van der Waals surface area contributed by atoms with Crippen molar-refractivity contribution in [2.75, 3.05) is 13.1 Å². The van der Waals surface area contributed by atoms with E-state index in [4.69, 9.17) is 0 Å². The number of carbonyl (C=O) groups is 1. The summed E-state index contributed by atoms with van der Waals surface area (Å²) in [5.74, 6) is -0.691. The molecule has 1 atom stereocenters. The van der Waals surface area contributed by atoms with E-state index in [0.717, 1.165) is 30.2 Å². The highest BCUT2D eigenvalue weighted by atomic mass is 32.1. The van der Waals surface area contributed by atoms with Crippen molar-refractivity contribution < 1.29 is 9.90 Å². The molecular formula is C14H22N2O2S. The van der Waals surface area contributed by atoms with E-state index in [1.807, 2.05) is 6.92 Å². The number of hydrogen-bond donors (Lipinski definition) is 1. The zero-order valence-corrected chi connectivity index (χ0v) is 12.9. The van der Waals surface area contributed by atoms with Gasteiger partial charge in [0.2, 0.25) is 0 Å². The molecule has 2 rings (SSSR count). The Hall–Kier alpha value is -0.940.